The quantitative estimate of drug-likeness (QED) is 0.546. The number of hydrogen-bond acceptors (Lipinski definition) is 3. The van der Waals surface area contributed by atoms with Gasteiger partial charge in [-0.3, -0.25) is 4.79 Å². The van der Waals surface area contributed by atoms with E-state index < -0.39 is 6.03 Å². The Morgan fingerprint density at radius 3 is 2.40 bits per heavy atom. The van der Waals surface area contributed by atoms with E-state index in [4.69, 9.17) is 5.73 Å². The average molecular weight is 407 g/mol. The predicted molar refractivity (Wildman–Crippen MR) is 114 cm³/mol. The molecule has 30 heavy (non-hydrogen) atoms. The van der Waals surface area contributed by atoms with Crippen molar-refractivity contribution in [3.63, 3.8) is 0 Å². The molecule has 0 aliphatic rings. The van der Waals surface area contributed by atoms with Gasteiger partial charge >= 0.3 is 6.03 Å². The molecular weight excluding hydrogens is 385 g/mol. The first kappa shape index (κ1) is 20.8. The first-order chi connectivity index (χ1) is 14.3. The number of nitrogens with two attached hydrogens (primary N) is 1. The summed E-state index contributed by atoms with van der Waals surface area (Å²) in [5.74, 6) is -0.557. The summed E-state index contributed by atoms with van der Waals surface area (Å²) < 4.78 is 14.9. The highest BCUT2D eigenvalue weighted by atomic mass is 19.1. The molecule has 2 aromatic carbocycles. The van der Waals surface area contributed by atoms with Crippen molar-refractivity contribution in [2.24, 2.45) is 5.73 Å². The fraction of sp³-hybridized carbons (Fsp3) is 0.136. The lowest BCUT2D eigenvalue weighted by Gasteiger charge is -2.05. The smallest absolute Gasteiger partial charge is 0.316 e. The molecule has 3 aromatic rings. The number of nitrogens with one attached hydrogen (secondary N) is 2. The Hall–Kier alpha value is -3.94. The average Bonchev–Trinajstić information content (AvgIpc) is 2.99. The second-order valence-electron chi connectivity index (χ2n) is 6.71. The molecule has 0 unspecified atom stereocenters. The van der Waals surface area contributed by atoms with Crippen molar-refractivity contribution in [2.75, 3.05) is 5.32 Å². The molecule has 0 bridgehead atoms. The Balaban J connectivity index is 1.63. The van der Waals surface area contributed by atoms with Crippen LogP contribution in [-0.2, 0) is 11.3 Å². The predicted octanol–water partition coefficient (Wildman–Crippen LogP) is 3.45. The van der Waals surface area contributed by atoms with Crippen LogP contribution in [0.25, 0.3) is 11.8 Å². The van der Waals surface area contributed by atoms with Gasteiger partial charge in [-0.2, -0.15) is 5.10 Å². The second kappa shape index (κ2) is 9.04. The number of benzene rings is 2. The van der Waals surface area contributed by atoms with Crippen LogP contribution in [0.15, 0.2) is 54.6 Å². The van der Waals surface area contributed by atoms with Crippen molar-refractivity contribution in [1.82, 2.24) is 15.1 Å². The number of carbonyl (C=O) groups excluding carboxylic acids is 2. The van der Waals surface area contributed by atoms with E-state index in [1.165, 1.54) is 18.2 Å². The topological polar surface area (TPSA) is 102 Å². The molecule has 0 atom stereocenters. The highest BCUT2D eigenvalue weighted by molar-refractivity contribution is 5.92. The number of aryl methyl sites for hydroxylation is 1. The number of aromatic nitrogens is 2. The van der Waals surface area contributed by atoms with E-state index in [0.29, 0.717) is 12.2 Å². The van der Waals surface area contributed by atoms with Gasteiger partial charge < -0.3 is 16.4 Å². The Kier molecular flexibility index (Phi) is 6.26. The molecule has 0 fully saturated rings. The number of primary amides is 1. The number of amides is 3. The lowest BCUT2D eigenvalue weighted by atomic mass is 10.1. The van der Waals surface area contributed by atoms with Gasteiger partial charge in [-0.05, 0) is 61.9 Å². The lowest BCUT2D eigenvalue weighted by Crippen LogP contribution is -2.20. The van der Waals surface area contributed by atoms with Crippen molar-refractivity contribution in [2.45, 2.75) is 20.4 Å². The Labute approximate surface area is 173 Å². The standard InChI is InChI=1S/C22H22FN5O2/c1-14-20(15(2)28(27-14)19-9-5-17(23)6-10-19)11-12-21(29)25-13-16-3-7-18(8-4-16)26-22(24)30/h3-12H,13H2,1-2H3,(H,25,29)(H3,24,26,30)/b12-11+. The van der Waals surface area contributed by atoms with Gasteiger partial charge in [0, 0.05) is 29.6 Å². The summed E-state index contributed by atoms with van der Waals surface area (Å²) in [6.45, 7) is 4.09. The zero-order valence-electron chi connectivity index (χ0n) is 16.6. The van der Waals surface area contributed by atoms with E-state index in [1.807, 2.05) is 13.8 Å². The van der Waals surface area contributed by atoms with Crippen LogP contribution in [0, 0.1) is 19.7 Å². The molecule has 154 valence electrons. The largest absolute Gasteiger partial charge is 0.351 e. The maximum Gasteiger partial charge on any atom is 0.316 e. The van der Waals surface area contributed by atoms with Gasteiger partial charge in [0.15, 0.2) is 0 Å². The highest BCUT2D eigenvalue weighted by Crippen LogP contribution is 2.19. The van der Waals surface area contributed by atoms with Gasteiger partial charge in [0.2, 0.25) is 5.91 Å². The molecule has 0 saturated heterocycles. The summed E-state index contributed by atoms with van der Waals surface area (Å²) in [4.78, 5) is 23.0. The number of halogens is 1. The molecule has 7 nitrogen and oxygen atoms in total. The molecule has 0 saturated carbocycles. The highest BCUT2D eigenvalue weighted by Gasteiger charge is 2.11. The molecular formula is C22H22FN5O2. The Morgan fingerprint density at radius 1 is 1.10 bits per heavy atom. The third-order valence-corrected chi connectivity index (χ3v) is 4.51. The minimum absolute atomic E-state index is 0.248. The first-order valence-electron chi connectivity index (χ1n) is 9.27. The molecule has 0 radical (unpaired) electrons. The molecule has 0 aliphatic heterocycles. The Bertz CT molecular complexity index is 1090. The van der Waals surface area contributed by atoms with Crippen LogP contribution >= 0.6 is 0 Å². The number of urea groups is 1. The SMILES string of the molecule is Cc1nn(-c2ccc(F)cc2)c(C)c1/C=C/C(=O)NCc1ccc(NC(N)=O)cc1. The first-order valence-corrected chi connectivity index (χ1v) is 9.27. The number of nitrogens with zero attached hydrogens (tertiary/aromatic N) is 2. The van der Waals surface area contributed by atoms with Crippen molar-refractivity contribution in [1.29, 1.82) is 0 Å². The summed E-state index contributed by atoms with van der Waals surface area (Å²) in [6.07, 6.45) is 3.17. The van der Waals surface area contributed by atoms with Crippen LogP contribution in [0.3, 0.4) is 0 Å². The van der Waals surface area contributed by atoms with Gasteiger partial charge in [0.1, 0.15) is 5.82 Å². The van der Waals surface area contributed by atoms with E-state index >= 15 is 0 Å². The molecule has 0 spiro atoms. The van der Waals surface area contributed by atoms with Crippen molar-refractivity contribution < 1.29 is 14.0 Å². The third kappa shape index (κ3) is 5.11. The van der Waals surface area contributed by atoms with Gasteiger partial charge in [0.05, 0.1) is 11.4 Å². The zero-order valence-corrected chi connectivity index (χ0v) is 16.6. The summed E-state index contributed by atoms with van der Waals surface area (Å²) in [6, 6.07) is 12.4. The fourth-order valence-electron chi connectivity index (χ4n) is 2.98. The summed E-state index contributed by atoms with van der Waals surface area (Å²) in [5, 5.41) is 9.77. The lowest BCUT2D eigenvalue weighted by molar-refractivity contribution is -0.116. The van der Waals surface area contributed by atoms with E-state index in [9.17, 15) is 14.0 Å². The maximum absolute atomic E-state index is 13.2. The number of carbonyl (C=O) groups is 2. The van der Waals surface area contributed by atoms with Crippen LogP contribution in [0.4, 0.5) is 14.9 Å². The molecule has 0 aliphatic carbocycles. The minimum atomic E-state index is -0.630. The van der Waals surface area contributed by atoms with Crippen molar-refractivity contribution >= 4 is 23.7 Å². The van der Waals surface area contributed by atoms with Crippen LogP contribution < -0.4 is 16.4 Å². The van der Waals surface area contributed by atoms with Crippen LogP contribution in [0.5, 0.6) is 0 Å². The zero-order chi connectivity index (χ0) is 21.7. The molecule has 3 amide bonds. The number of rotatable bonds is 6. The van der Waals surface area contributed by atoms with Gasteiger partial charge in [-0.15, -0.1) is 0 Å². The monoisotopic (exact) mass is 407 g/mol. The van der Waals surface area contributed by atoms with Crippen molar-refractivity contribution in [3.8, 4) is 5.69 Å². The normalized spacial score (nSPS) is 10.9. The molecule has 1 aromatic heterocycles. The Morgan fingerprint density at radius 2 is 1.77 bits per heavy atom. The maximum atomic E-state index is 13.2. The van der Waals surface area contributed by atoms with E-state index in [-0.39, 0.29) is 11.7 Å². The van der Waals surface area contributed by atoms with Gasteiger partial charge in [-0.1, -0.05) is 12.1 Å². The minimum Gasteiger partial charge on any atom is -0.351 e. The van der Waals surface area contributed by atoms with E-state index in [1.54, 1.807) is 47.2 Å². The van der Waals surface area contributed by atoms with E-state index in [2.05, 4.69) is 15.7 Å². The van der Waals surface area contributed by atoms with Gasteiger partial charge in [0.25, 0.3) is 0 Å². The molecule has 8 heteroatoms. The fourth-order valence-corrected chi connectivity index (χ4v) is 2.98. The summed E-state index contributed by atoms with van der Waals surface area (Å²) >= 11 is 0. The van der Waals surface area contributed by atoms with Crippen LogP contribution in [-0.4, -0.2) is 21.7 Å². The number of anilines is 1. The van der Waals surface area contributed by atoms with Gasteiger partial charge in [-0.25, -0.2) is 13.9 Å². The number of hydrogen-bond donors (Lipinski definition) is 3. The third-order valence-electron chi connectivity index (χ3n) is 4.51. The van der Waals surface area contributed by atoms with Crippen molar-refractivity contribution in [3.05, 3.63) is 82.9 Å². The summed E-state index contributed by atoms with van der Waals surface area (Å²) in [7, 11) is 0. The van der Waals surface area contributed by atoms with E-state index in [0.717, 1.165) is 28.2 Å². The second-order valence-corrected chi connectivity index (χ2v) is 6.71. The molecule has 4 N–H and O–H groups in total. The van der Waals surface area contributed by atoms with Crippen LogP contribution in [0.2, 0.25) is 0 Å². The molecule has 3 rings (SSSR count). The summed E-state index contributed by atoms with van der Waals surface area (Å²) in [5.41, 5.74) is 9.72. The van der Waals surface area contributed by atoms with Crippen LogP contribution in [0.1, 0.15) is 22.5 Å². The molecule has 1 heterocycles.